The predicted octanol–water partition coefficient (Wildman–Crippen LogP) is 5.26. The van der Waals surface area contributed by atoms with Gasteiger partial charge in [-0.2, -0.15) is 0 Å². The number of benzene rings is 1. The lowest BCUT2D eigenvalue weighted by molar-refractivity contribution is 0.722. The third-order valence-electron chi connectivity index (χ3n) is 3.68. The number of nitrogen functional groups attached to an aromatic ring is 1. The normalized spacial score (nSPS) is 10.7. The number of aromatic nitrogens is 2. The summed E-state index contributed by atoms with van der Waals surface area (Å²) < 4.78 is 1.94. The Morgan fingerprint density at radius 2 is 1.96 bits per heavy atom. The minimum absolute atomic E-state index is 0.577. The van der Waals surface area contributed by atoms with E-state index in [1.165, 1.54) is 0 Å². The van der Waals surface area contributed by atoms with Gasteiger partial charge in [-0.05, 0) is 54.4 Å². The molecule has 130 valence electrons. The van der Waals surface area contributed by atoms with E-state index in [0.29, 0.717) is 17.3 Å². The average Bonchev–Trinajstić information content (AvgIpc) is 2.54. The molecule has 0 aliphatic rings. The van der Waals surface area contributed by atoms with Crippen molar-refractivity contribution in [1.82, 2.24) is 9.97 Å². The number of nitrogens with zero attached hydrogens (tertiary/aromatic N) is 3. The van der Waals surface area contributed by atoms with Gasteiger partial charge in [-0.15, -0.1) is 0 Å². The molecule has 1 aromatic heterocycles. The van der Waals surface area contributed by atoms with Gasteiger partial charge in [-0.3, -0.25) is 0 Å². The molecule has 0 aliphatic heterocycles. The largest absolute Gasteiger partial charge is 0.393 e. The Morgan fingerprint density at radius 3 is 2.58 bits per heavy atom. The van der Waals surface area contributed by atoms with Crippen molar-refractivity contribution in [2.75, 3.05) is 29.0 Å². The van der Waals surface area contributed by atoms with E-state index in [4.69, 9.17) is 5.73 Å². The third kappa shape index (κ3) is 4.60. The van der Waals surface area contributed by atoms with E-state index < -0.39 is 0 Å². The first-order valence-electron chi connectivity index (χ1n) is 8.07. The van der Waals surface area contributed by atoms with Gasteiger partial charge >= 0.3 is 0 Å². The molecular formula is C17H23Br2N5. The molecule has 2 rings (SSSR count). The molecule has 1 aromatic carbocycles. The van der Waals surface area contributed by atoms with E-state index in [1.807, 2.05) is 25.1 Å². The highest BCUT2D eigenvalue weighted by Crippen LogP contribution is 2.33. The quantitative estimate of drug-likeness (QED) is 0.594. The molecule has 2 aromatic rings. The minimum atomic E-state index is 0.577. The highest BCUT2D eigenvalue weighted by atomic mass is 79.9. The molecule has 0 saturated carbocycles. The highest BCUT2D eigenvalue weighted by molar-refractivity contribution is 9.11. The van der Waals surface area contributed by atoms with Crippen molar-refractivity contribution in [3.8, 4) is 0 Å². The molecule has 0 aliphatic carbocycles. The maximum Gasteiger partial charge on any atom is 0.159 e. The van der Waals surface area contributed by atoms with Gasteiger partial charge in [0.05, 0.1) is 5.69 Å². The number of unbranched alkanes of at least 4 members (excludes halogenated alkanes) is 1. The lowest BCUT2D eigenvalue weighted by atomic mass is 10.3. The number of halogens is 2. The SMILES string of the molecule is CCCCN(CC)c1nc(C)nc(Nc2ccc(Br)cc2Br)c1N. The van der Waals surface area contributed by atoms with E-state index in [2.05, 4.69) is 65.9 Å². The zero-order valence-electron chi connectivity index (χ0n) is 14.2. The first-order chi connectivity index (χ1) is 11.5. The van der Waals surface area contributed by atoms with Crippen LogP contribution in [-0.2, 0) is 0 Å². The van der Waals surface area contributed by atoms with Gasteiger partial charge in [0.15, 0.2) is 11.6 Å². The fourth-order valence-corrected chi connectivity index (χ4v) is 3.53. The van der Waals surface area contributed by atoms with E-state index in [1.54, 1.807) is 0 Å². The van der Waals surface area contributed by atoms with E-state index in [9.17, 15) is 0 Å². The summed E-state index contributed by atoms with van der Waals surface area (Å²) in [4.78, 5) is 11.3. The second-order valence-electron chi connectivity index (χ2n) is 5.54. The van der Waals surface area contributed by atoms with Crippen LogP contribution < -0.4 is 16.0 Å². The van der Waals surface area contributed by atoms with Crippen molar-refractivity contribution >= 4 is 54.9 Å². The van der Waals surface area contributed by atoms with Crippen LogP contribution in [0, 0.1) is 6.92 Å². The number of nitrogens with one attached hydrogen (secondary N) is 1. The Bertz CT molecular complexity index is 706. The summed E-state index contributed by atoms with van der Waals surface area (Å²) >= 11 is 7.01. The summed E-state index contributed by atoms with van der Waals surface area (Å²) in [5.74, 6) is 2.13. The standard InChI is InChI=1S/C17H23Br2N5/c1-4-6-9-24(5-2)17-15(20)16(21-11(3)22-17)23-14-8-7-12(18)10-13(14)19/h7-8,10H,4-6,9,20H2,1-3H3,(H,21,22,23). The number of anilines is 4. The summed E-state index contributed by atoms with van der Waals surface area (Å²) in [5.41, 5.74) is 7.86. The molecule has 0 saturated heterocycles. The van der Waals surface area contributed by atoms with Crippen LogP contribution in [0.2, 0.25) is 0 Å². The molecule has 0 spiro atoms. The molecule has 1 heterocycles. The second kappa shape index (κ2) is 8.67. The molecule has 0 atom stereocenters. The Hall–Kier alpha value is -1.34. The molecule has 24 heavy (non-hydrogen) atoms. The number of hydrogen-bond donors (Lipinski definition) is 2. The molecule has 3 N–H and O–H groups in total. The van der Waals surface area contributed by atoms with Crippen LogP contribution in [0.1, 0.15) is 32.5 Å². The Morgan fingerprint density at radius 1 is 1.21 bits per heavy atom. The topological polar surface area (TPSA) is 67.1 Å². The van der Waals surface area contributed by atoms with Crippen molar-refractivity contribution in [3.05, 3.63) is 33.0 Å². The number of hydrogen-bond acceptors (Lipinski definition) is 5. The number of rotatable bonds is 7. The number of aryl methyl sites for hydroxylation is 1. The van der Waals surface area contributed by atoms with Crippen LogP contribution in [0.15, 0.2) is 27.1 Å². The maximum absolute atomic E-state index is 6.37. The van der Waals surface area contributed by atoms with Crippen LogP contribution in [0.4, 0.5) is 23.0 Å². The van der Waals surface area contributed by atoms with Crippen LogP contribution in [0.25, 0.3) is 0 Å². The minimum Gasteiger partial charge on any atom is -0.393 e. The third-order valence-corrected chi connectivity index (χ3v) is 4.83. The van der Waals surface area contributed by atoms with Gasteiger partial charge in [-0.25, -0.2) is 9.97 Å². The van der Waals surface area contributed by atoms with E-state index in [0.717, 1.165) is 46.4 Å². The van der Waals surface area contributed by atoms with E-state index >= 15 is 0 Å². The monoisotopic (exact) mass is 455 g/mol. The summed E-state index contributed by atoms with van der Waals surface area (Å²) in [5, 5.41) is 3.31. The molecular weight excluding hydrogens is 434 g/mol. The fraction of sp³-hybridized carbons (Fsp3) is 0.412. The van der Waals surface area contributed by atoms with Crippen molar-refractivity contribution < 1.29 is 0 Å². The average molecular weight is 457 g/mol. The van der Waals surface area contributed by atoms with Gasteiger partial charge < -0.3 is 16.0 Å². The molecule has 0 amide bonds. The van der Waals surface area contributed by atoms with Crippen molar-refractivity contribution in [2.45, 2.75) is 33.6 Å². The Balaban J connectivity index is 2.37. The Kier molecular flexibility index (Phi) is 6.86. The lowest BCUT2D eigenvalue weighted by Crippen LogP contribution is -2.26. The predicted molar refractivity (Wildman–Crippen MR) is 109 cm³/mol. The molecule has 0 unspecified atom stereocenters. The van der Waals surface area contributed by atoms with E-state index in [-0.39, 0.29) is 0 Å². The fourth-order valence-electron chi connectivity index (χ4n) is 2.38. The van der Waals surface area contributed by atoms with Crippen molar-refractivity contribution in [1.29, 1.82) is 0 Å². The van der Waals surface area contributed by atoms with Crippen molar-refractivity contribution in [2.24, 2.45) is 0 Å². The van der Waals surface area contributed by atoms with Gasteiger partial charge in [-0.1, -0.05) is 29.3 Å². The molecule has 0 fully saturated rings. The number of nitrogens with two attached hydrogens (primary N) is 1. The maximum atomic E-state index is 6.37. The molecule has 0 bridgehead atoms. The first kappa shape index (κ1) is 19.0. The van der Waals surface area contributed by atoms with Crippen LogP contribution in [0.3, 0.4) is 0 Å². The Labute approximate surface area is 160 Å². The van der Waals surface area contributed by atoms with Crippen molar-refractivity contribution in [3.63, 3.8) is 0 Å². The zero-order chi connectivity index (χ0) is 17.7. The summed E-state index contributed by atoms with van der Waals surface area (Å²) in [6.07, 6.45) is 2.24. The zero-order valence-corrected chi connectivity index (χ0v) is 17.4. The highest BCUT2D eigenvalue weighted by Gasteiger charge is 2.16. The molecule has 5 nitrogen and oxygen atoms in total. The van der Waals surface area contributed by atoms with Gasteiger partial charge in [0, 0.05) is 22.0 Å². The van der Waals surface area contributed by atoms with Gasteiger partial charge in [0.1, 0.15) is 11.5 Å². The summed E-state index contributed by atoms with van der Waals surface area (Å²) in [6.45, 7) is 7.99. The summed E-state index contributed by atoms with van der Waals surface area (Å²) in [6, 6.07) is 5.92. The van der Waals surface area contributed by atoms with Crippen LogP contribution in [-0.4, -0.2) is 23.1 Å². The summed E-state index contributed by atoms with van der Waals surface area (Å²) in [7, 11) is 0. The smallest absolute Gasteiger partial charge is 0.159 e. The molecule has 0 radical (unpaired) electrons. The van der Waals surface area contributed by atoms with Crippen LogP contribution >= 0.6 is 31.9 Å². The van der Waals surface area contributed by atoms with Crippen LogP contribution in [0.5, 0.6) is 0 Å². The lowest BCUT2D eigenvalue weighted by Gasteiger charge is -2.24. The van der Waals surface area contributed by atoms with Gasteiger partial charge in [0.2, 0.25) is 0 Å². The molecule has 7 heteroatoms. The second-order valence-corrected chi connectivity index (χ2v) is 7.31. The first-order valence-corrected chi connectivity index (χ1v) is 9.66. The van der Waals surface area contributed by atoms with Gasteiger partial charge in [0.25, 0.3) is 0 Å².